The van der Waals surface area contributed by atoms with E-state index in [4.69, 9.17) is 0 Å². The van der Waals surface area contributed by atoms with Gasteiger partial charge in [-0.25, -0.2) is 0 Å². The first-order chi connectivity index (χ1) is 7.43. The van der Waals surface area contributed by atoms with Crippen LogP contribution in [0.4, 0.5) is 0 Å². The number of carbonyl (C=O) groups excluding carboxylic acids is 1. The zero-order valence-corrected chi connectivity index (χ0v) is 11.1. The number of nitrogens with one attached hydrogen (secondary N) is 1. The molecule has 5 heteroatoms. The molecule has 4 nitrogen and oxygen atoms in total. The van der Waals surface area contributed by atoms with Gasteiger partial charge in [-0.05, 0) is 19.1 Å². The van der Waals surface area contributed by atoms with E-state index in [0.717, 1.165) is 17.9 Å². The van der Waals surface area contributed by atoms with E-state index in [1.54, 1.807) is 30.8 Å². The molecular formula is C11H22N2O2S. The molecule has 0 saturated carbocycles. The first-order valence-electron chi connectivity index (χ1n) is 5.67. The molecule has 0 radical (unpaired) electrons. The second kappa shape index (κ2) is 5.89. The van der Waals surface area contributed by atoms with Crippen molar-refractivity contribution in [2.45, 2.75) is 31.4 Å². The van der Waals surface area contributed by atoms with Gasteiger partial charge in [0.2, 0.25) is 5.91 Å². The maximum Gasteiger partial charge on any atom is 0.223 e. The Kier molecular flexibility index (Phi) is 5.08. The fraction of sp³-hybridized carbons (Fsp3) is 0.909. The van der Waals surface area contributed by atoms with Crippen LogP contribution >= 0.6 is 11.8 Å². The molecule has 1 aliphatic rings. The molecule has 0 aromatic heterocycles. The highest BCUT2D eigenvalue weighted by atomic mass is 32.2. The van der Waals surface area contributed by atoms with Gasteiger partial charge in [0.25, 0.3) is 0 Å². The molecule has 2 N–H and O–H groups in total. The molecule has 0 aromatic carbocycles. The zero-order valence-electron chi connectivity index (χ0n) is 10.3. The number of rotatable bonds is 5. The molecule has 0 aliphatic carbocycles. The van der Waals surface area contributed by atoms with Gasteiger partial charge < -0.3 is 15.3 Å². The number of aliphatic hydroxyl groups is 1. The quantitative estimate of drug-likeness (QED) is 0.733. The summed E-state index contributed by atoms with van der Waals surface area (Å²) in [6.45, 7) is 2.56. The fourth-order valence-corrected chi connectivity index (χ4v) is 2.91. The predicted molar refractivity (Wildman–Crippen MR) is 67.7 cm³/mol. The highest BCUT2D eigenvalue weighted by Gasteiger charge is 2.31. The smallest absolute Gasteiger partial charge is 0.223 e. The number of nitrogens with zero attached hydrogens (tertiary/aromatic N) is 1. The van der Waals surface area contributed by atoms with Crippen LogP contribution in [-0.4, -0.2) is 59.7 Å². The number of amides is 1. The first kappa shape index (κ1) is 13.8. The van der Waals surface area contributed by atoms with Crippen LogP contribution in [0.15, 0.2) is 0 Å². The second-order valence-electron chi connectivity index (χ2n) is 4.80. The maximum atomic E-state index is 11.4. The van der Waals surface area contributed by atoms with Crippen molar-refractivity contribution < 1.29 is 9.90 Å². The third-order valence-corrected chi connectivity index (χ3v) is 4.08. The largest absolute Gasteiger partial charge is 0.388 e. The molecule has 1 rings (SSSR count). The van der Waals surface area contributed by atoms with Gasteiger partial charge in [0.05, 0.1) is 5.60 Å². The molecule has 1 amide bonds. The zero-order chi connectivity index (χ0) is 12.2. The number of thioether (sulfide) groups is 1. The summed E-state index contributed by atoms with van der Waals surface area (Å²) in [5, 5.41) is 13.3. The van der Waals surface area contributed by atoms with Gasteiger partial charge in [-0.1, -0.05) is 0 Å². The summed E-state index contributed by atoms with van der Waals surface area (Å²) >= 11 is 1.79. The lowest BCUT2D eigenvalue weighted by atomic mass is 10.0. The Morgan fingerprint density at radius 3 is 2.81 bits per heavy atom. The molecule has 1 fully saturated rings. The average Bonchev–Trinajstić information content (AvgIpc) is 2.63. The van der Waals surface area contributed by atoms with E-state index >= 15 is 0 Å². The molecule has 2 unspecified atom stereocenters. The van der Waals surface area contributed by atoms with Crippen molar-refractivity contribution in [3.05, 3.63) is 0 Å². The van der Waals surface area contributed by atoms with Gasteiger partial charge in [0.1, 0.15) is 0 Å². The summed E-state index contributed by atoms with van der Waals surface area (Å²) in [6.07, 6.45) is 1.33. The van der Waals surface area contributed by atoms with Crippen molar-refractivity contribution in [1.82, 2.24) is 10.2 Å². The predicted octanol–water partition coefficient (Wildman–Crippen LogP) is 0.311. The van der Waals surface area contributed by atoms with Crippen molar-refractivity contribution in [1.29, 1.82) is 0 Å². The van der Waals surface area contributed by atoms with Crippen molar-refractivity contribution in [3.8, 4) is 0 Å². The van der Waals surface area contributed by atoms with E-state index < -0.39 is 5.60 Å². The third kappa shape index (κ3) is 4.31. The van der Waals surface area contributed by atoms with Crippen molar-refractivity contribution in [2.75, 3.05) is 32.1 Å². The highest BCUT2D eigenvalue weighted by molar-refractivity contribution is 7.99. The van der Waals surface area contributed by atoms with Gasteiger partial charge in [0.15, 0.2) is 0 Å². The topological polar surface area (TPSA) is 52.6 Å². The van der Waals surface area contributed by atoms with Gasteiger partial charge >= 0.3 is 0 Å². The lowest BCUT2D eigenvalue weighted by Crippen LogP contribution is -2.45. The normalized spacial score (nSPS) is 26.8. The molecule has 2 atom stereocenters. The van der Waals surface area contributed by atoms with E-state index in [1.165, 1.54) is 0 Å². The molecule has 1 heterocycles. The minimum Gasteiger partial charge on any atom is -0.388 e. The lowest BCUT2D eigenvalue weighted by molar-refractivity contribution is -0.129. The fourth-order valence-electron chi connectivity index (χ4n) is 1.62. The molecule has 1 saturated heterocycles. The van der Waals surface area contributed by atoms with E-state index in [2.05, 4.69) is 5.32 Å². The molecule has 0 aromatic rings. The van der Waals surface area contributed by atoms with Crippen LogP contribution in [0, 0.1) is 0 Å². The Bertz CT molecular complexity index is 240. The summed E-state index contributed by atoms with van der Waals surface area (Å²) in [4.78, 5) is 13.0. The Morgan fingerprint density at radius 2 is 2.31 bits per heavy atom. The standard InChI is InChI=1S/C11H22N2O2S/c1-9(6-10(14)13(2)3)12-7-11(15)4-5-16-8-11/h9,12,15H,4-8H2,1-3H3. The number of hydrogen-bond acceptors (Lipinski definition) is 4. The van der Waals surface area contributed by atoms with Crippen LogP contribution in [0.5, 0.6) is 0 Å². The monoisotopic (exact) mass is 246 g/mol. The number of hydrogen-bond donors (Lipinski definition) is 2. The third-order valence-electron chi connectivity index (χ3n) is 2.84. The van der Waals surface area contributed by atoms with E-state index in [9.17, 15) is 9.90 Å². The molecule has 1 aliphatic heterocycles. The Labute approximate surface area is 102 Å². The van der Waals surface area contributed by atoms with Crippen molar-refractivity contribution >= 4 is 17.7 Å². The summed E-state index contributed by atoms with van der Waals surface area (Å²) in [5.41, 5.74) is -0.569. The van der Waals surface area contributed by atoms with Gasteiger partial charge in [0, 0.05) is 38.9 Å². The molecule has 94 valence electrons. The summed E-state index contributed by atoms with van der Waals surface area (Å²) in [7, 11) is 3.52. The SMILES string of the molecule is CC(CC(=O)N(C)C)NCC1(O)CCSC1. The molecule has 16 heavy (non-hydrogen) atoms. The Hall–Kier alpha value is -0.260. The maximum absolute atomic E-state index is 11.4. The van der Waals surface area contributed by atoms with Crippen molar-refractivity contribution in [2.24, 2.45) is 0 Å². The minimum atomic E-state index is -0.569. The van der Waals surface area contributed by atoms with Gasteiger partial charge in [-0.2, -0.15) is 11.8 Å². The second-order valence-corrected chi connectivity index (χ2v) is 5.91. The van der Waals surface area contributed by atoms with Crippen LogP contribution in [0.1, 0.15) is 19.8 Å². The average molecular weight is 246 g/mol. The Morgan fingerprint density at radius 1 is 1.62 bits per heavy atom. The Balaban J connectivity index is 2.24. The summed E-state index contributed by atoms with van der Waals surface area (Å²) in [6, 6.07) is 0.115. The van der Waals surface area contributed by atoms with Crippen LogP contribution < -0.4 is 5.32 Å². The van der Waals surface area contributed by atoms with E-state index in [-0.39, 0.29) is 11.9 Å². The van der Waals surface area contributed by atoms with Crippen LogP contribution in [0.2, 0.25) is 0 Å². The minimum absolute atomic E-state index is 0.115. The lowest BCUT2D eigenvalue weighted by Gasteiger charge is -2.24. The number of carbonyl (C=O) groups is 1. The van der Waals surface area contributed by atoms with E-state index in [0.29, 0.717) is 13.0 Å². The summed E-state index contributed by atoms with van der Waals surface area (Å²) < 4.78 is 0. The van der Waals surface area contributed by atoms with Crippen molar-refractivity contribution in [3.63, 3.8) is 0 Å². The molecule has 0 spiro atoms. The van der Waals surface area contributed by atoms with Crippen LogP contribution in [-0.2, 0) is 4.79 Å². The molecule has 0 bridgehead atoms. The van der Waals surface area contributed by atoms with Crippen LogP contribution in [0.3, 0.4) is 0 Å². The highest BCUT2D eigenvalue weighted by Crippen LogP contribution is 2.27. The molecular weight excluding hydrogens is 224 g/mol. The van der Waals surface area contributed by atoms with Gasteiger partial charge in [-0.3, -0.25) is 4.79 Å². The van der Waals surface area contributed by atoms with Gasteiger partial charge in [-0.15, -0.1) is 0 Å². The first-order valence-corrected chi connectivity index (χ1v) is 6.82. The van der Waals surface area contributed by atoms with E-state index in [1.807, 2.05) is 6.92 Å². The van der Waals surface area contributed by atoms with Crippen LogP contribution in [0.25, 0.3) is 0 Å². The summed E-state index contributed by atoms with van der Waals surface area (Å²) in [5.74, 6) is 1.95.